The van der Waals surface area contributed by atoms with Gasteiger partial charge in [0.1, 0.15) is 0 Å². The van der Waals surface area contributed by atoms with Gasteiger partial charge in [-0.2, -0.15) is 0 Å². The van der Waals surface area contributed by atoms with Crippen LogP contribution in [0.5, 0.6) is 0 Å². The van der Waals surface area contributed by atoms with E-state index in [0.29, 0.717) is 37.2 Å². The highest BCUT2D eigenvalue weighted by atomic mass is 16.6. The van der Waals surface area contributed by atoms with Crippen molar-refractivity contribution in [1.82, 2.24) is 0 Å². The predicted octanol–water partition coefficient (Wildman–Crippen LogP) is 6.17. The Morgan fingerprint density at radius 2 is 1.28 bits per heavy atom. The molecule has 0 N–H and O–H groups in total. The lowest BCUT2D eigenvalue weighted by molar-refractivity contribution is -0.166. The van der Waals surface area contributed by atoms with Crippen LogP contribution in [-0.4, -0.2) is 30.9 Å². The van der Waals surface area contributed by atoms with Crippen molar-refractivity contribution in [2.24, 2.45) is 5.92 Å². The van der Waals surface area contributed by atoms with Gasteiger partial charge < -0.3 is 9.47 Å². The second-order valence-electron chi connectivity index (χ2n) is 8.91. The summed E-state index contributed by atoms with van der Waals surface area (Å²) in [5, 5.41) is 0. The highest BCUT2D eigenvalue weighted by Crippen LogP contribution is 2.36. The van der Waals surface area contributed by atoms with Crippen molar-refractivity contribution in [2.45, 2.75) is 96.8 Å². The van der Waals surface area contributed by atoms with Crippen molar-refractivity contribution < 1.29 is 23.9 Å². The highest BCUT2D eigenvalue weighted by Gasteiger charge is 2.50. The fraction of sp³-hybridized carbons (Fsp3) is 0.667. The average molecular weight is 445 g/mol. The highest BCUT2D eigenvalue weighted by molar-refractivity contribution is 6.06. The van der Waals surface area contributed by atoms with E-state index in [-0.39, 0.29) is 11.7 Å². The van der Waals surface area contributed by atoms with E-state index in [4.69, 9.17) is 9.47 Å². The maximum absolute atomic E-state index is 13.4. The zero-order chi connectivity index (χ0) is 23.4. The number of hydrogen-bond donors (Lipinski definition) is 0. The van der Waals surface area contributed by atoms with E-state index in [0.717, 1.165) is 57.8 Å². The van der Waals surface area contributed by atoms with Gasteiger partial charge in [-0.15, -0.1) is 0 Å². The second-order valence-corrected chi connectivity index (χ2v) is 8.91. The summed E-state index contributed by atoms with van der Waals surface area (Å²) in [6.45, 7) is 6.79. The van der Waals surface area contributed by atoms with Gasteiger partial charge >= 0.3 is 11.9 Å². The molecule has 1 aliphatic rings. The molecule has 0 amide bonds. The summed E-state index contributed by atoms with van der Waals surface area (Å²) in [7, 11) is 0. The SMILES string of the molecule is CCCCCOC(=O)C(CCCC)(C(=O)OCCCCC)c1ccc(C(=O)C2CC2)cc1. The number of rotatable bonds is 16. The number of ether oxygens (including phenoxy) is 2. The molecule has 2 rings (SSSR count). The first-order valence-electron chi connectivity index (χ1n) is 12.5. The van der Waals surface area contributed by atoms with Crippen molar-refractivity contribution >= 4 is 17.7 Å². The van der Waals surface area contributed by atoms with Gasteiger partial charge in [-0.25, -0.2) is 0 Å². The predicted molar refractivity (Wildman–Crippen MR) is 126 cm³/mol. The first-order chi connectivity index (χ1) is 15.5. The molecule has 0 radical (unpaired) electrons. The number of benzene rings is 1. The molecule has 1 saturated carbocycles. The van der Waals surface area contributed by atoms with Crippen LogP contribution >= 0.6 is 0 Å². The van der Waals surface area contributed by atoms with E-state index in [9.17, 15) is 14.4 Å². The molecule has 1 fully saturated rings. The molecular weight excluding hydrogens is 404 g/mol. The van der Waals surface area contributed by atoms with Gasteiger partial charge in [-0.3, -0.25) is 14.4 Å². The molecule has 0 heterocycles. The molecule has 0 saturated heterocycles. The van der Waals surface area contributed by atoms with Gasteiger partial charge in [0.05, 0.1) is 13.2 Å². The van der Waals surface area contributed by atoms with Crippen LogP contribution in [0.1, 0.15) is 107 Å². The van der Waals surface area contributed by atoms with E-state index in [1.165, 1.54) is 0 Å². The average Bonchev–Trinajstić information content (AvgIpc) is 3.65. The second kappa shape index (κ2) is 13.4. The minimum Gasteiger partial charge on any atom is -0.465 e. The topological polar surface area (TPSA) is 69.7 Å². The minimum atomic E-state index is -1.49. The van der Waals surface area contributed by atoms with Gasteiger partial charge in [-0.05, 0) is 37.7 Å². The van der Waals surface area contributed by atoms with Crippen LogP contribution < -0.4 is 0 Å². The van der Waals surface area contributed by atoms with E-state index in [1.807, 2.05) is 6.92 Å². The first-order valence-corrected chi connectivity index (χ1v) is 12.5. The zero-order valence-corrected chi connectivity index (χ0v) is 20.1. The quantitative estimate of drug-likeness (QED) is 0.132. The lowest BCUT2D eigenvalue weighted by Gasteiger charge is -2.30. The Morgan fingerprint density at radius 3 is 1.72 bits per heavy atom. The largest absolute Gasteiger partial charge is 0.465 e. The maximum atomic E-state index is 13.4. The zero-order valence-electron chi connectivity index (χ0n) is 20.1. The summed E-state index contributed by atoms with van der Waals surface area (Å²) < 4.78 is 11.3. The van der Waals surface area contributed by atoms with Crippen LogP contribution in [0, 0.1) is 5.92 Å². The fourth-order valence-corrected chi connectivity index (χ4v) is 3.89. The summed E-state index contributed by atoms with van der Waals surface area (Å²) in [6, 6.07) is 6.97. The van der Waals surface area contributed by atoms with Crippen LogP contribution in [0.25, 0.3) is 0 Å². The van der Waals surface area contributed by atoms with Crippen molar-refractivity contribution in [3.8, 4) is 0 Å². The molecular formula is C27H40O5. The number of carbonyl (C=O) groups is 3. The van der Waals surface area contributed by atoms with Crippen molar-refractivity contribution in [3.63, 3.8) is 0 Å². The molecule has 1 aromatic carbocycles. The van der Waals surface area contributed by atoms with Crippen LogP contribution in [0.2, 0.25) is 0 Å². The Morgan fingerprint density at radius 1 is 0.781 bits per heavy atom. The molecule has 1 aromatic rings. The lowest BCUT2D eigenvalue weighted by Crippen LogP contribution is -2.46. The first kappa shape index (κ1) is 26.1. The molecule has 0 spiro atoms. The Hall–Kier alpha value is -2.17. The summed E-state index contributed by atoms with van der Waals surface area (Å²) in [6.07, 6.45) is 9.26. The van der Waals surface area contributed by atoms with Crippen molar-refractivity contribution in [1.29, 1.82) is 0 Å². The number of Topliss-reactive ketones (excluding diaryl/α,β-unsaturated/α-hetero) is 1. The molecule has 178 valence electrons. The lowest BCUT2D eigenvalue weighted by atomic mass is 9.75. The number of ketones is 1. The molecule has 1 aliphatic carbocycles. The number of esters is 2. The third-order valence-corrected chi connectivity index (χ3v) is 6.17. The maximum Gasteiger partial charge on any atom is 0.328 e. The van der Waals surface area contributed by atoms with E-state index < -0.39 is 17.4 Å². The van der Waals surface area contributed by atoms with Crippen LogP contribution in [0.4, 0.5) is 0 Å². The van der Waals surface area contributed by atoms with Gasteiger partial charge in [0.2, 0.25) is 0 Å². The third kappa shape index (κ3) is 6.91. The van der Waals surface area contributed by atoms with Crippen LogP contribution in [-0.2, 0) is 24.5 Å². The fourth-order valence-electron chi connectivity index (χ4n) is 3.89. The minimum absolute atomic E-state index is 0.123. The van der Waals surface area contributed by atoms with Crippen LogP contribution in [0.15, 0.2) is 24.3 Å². The van der Waals surface area contributed by atoms with Crippen molar-refractivity contribution in [2.75, 3.05) is 13.2 Å². The molecule has 0 aliphatic heterocycles. The van der Waals surface area contributed by atoms with Crippen LogP contribution in [0.3, 0.4) is 0 Å². The van der Waals surface area contributed by atoms with Gasteiger partial charge in [0, 0.05) is 11.5 Å². The molecule has 0 unspecified atom stereocenters. The third-order valence-electron chi connectivity index (χ3n) is 6.17. The van der Waals surface area contributed by atoms with Gasteiger partial charge in [-0.1, -0.05) is 83.6 Å². The van der Waals surface area contributed by atoms with E-state index in [1.54, 1.807) is 24.3 Å². The van der Waals surface area contributed by atoms with Gasteiger partial charge in [0.15, 0.2) is 11.2 Å². The smallest absolute Gasteiger partial charge is 0.328 e. The Bertz CT molecular complexity index is 709. The van der Waals surface area contributed by atoms with E-state index >= 15 is 0 Å². The number of carbonyl (C=O) groups excluding carboxylic acids is 3. The monoisotopic (exact) mass is 444 g/mol. The molecule has 0 aromatic heterocycles. The summed E-state index contributed by atoms with van der Waals surface area (Å²) in [5.74, 6) is -0.814. The molecule has 0 bridgehead atoms. The summed E-state index contributed by atoms with van der Waals surface area (Å²) in [4.78, 5) is 39.3. The van der Waals surface area contributed by atoms with Crippen molar-refractivity contribution in [3.05, 3.63) is 35.4 Å². The summed E-state index contributed by atoms with van der Waals surface area (Å²) >= 11 is 0. The molecule has 32 heavy (non-hydrogen) atoms. The Kier molecular flexibility index (Phi) is 10.9. The number of hydrogen-bond acceptors (Lipinski definition) is 5. The standard InChI is InChI=1S/C27H40O5/c1-4-7-10-19-31-25(29)27(18-9-6-3,26(30)32-20-11-8-5-2)23-16-14-22(15-17-23)24(28)21-12-13-21/h14-17,21H,4-13,18-20H2,1-3H3. The molecule has 0 atom stereocenters. The molecule has 5 heteroatoms. The Labute approximate surface area is 193 Å². The number of unbranched alkanes of at least 4 members (excludes halogenated alkanes) is 5. The summed E-state index contributed by atoms with van der Waals surface area (Å²) in [5.41, 5.74) is -0.303. The molecule has 5 nitrogen and oxygen atoms in total. The normalized spacial score (nSPS) is 13.6. The Balaban J connectivity index is 2.32. The van der Waals surface area contributed by atoms with Gasteiger partial charge in [0.25, 0.3) is 0 Å². The van der Waals surface area contributed by atoms with E-state index in [2.05, 4.69) is 13.8 Å².